The van der Waals surface area contributed by atoms with E-state index in [-0.39, 0.29) is 10.8 Å². The molecule has 3 aromatic rings. The number of rotatable bonds is 4. The monoisotopic (exact) mass is 473 g/mol. The molecule has 0 saturated heterocycles. The van der Waals surface area contributed by atoms with Gasteiger partial charge in [0.2, 0.25) is 10.0 Å². The molecule has 3 rings (SSSR count). The minimum absolute atomic E-state index is 0.164. The van der Waals surface area contributed by atoms with Gasteiger partial charge in [-0.25, -0.2) is 18.1 Å². The summed E-state index contributed by atoms with van der Waals surface area (Å²) in [7, 11) is -2.15. The van der Waals surface area contributed by atoms with Crippen LogP contribution in [-0.4, -0.2) is 26.4 Å². The largest absolute Gasteiger partial charge is 0.298 e. The fourth-order valence-electron chi connectivity index (χ4n) is 2.05. The first-order valence-corrected chi connectivity index (χ1v) is 10.2. The second-order valence-electron chi connectivity index (χ2n) is 4.79. The van der Waals surface area contributed by atoms with E-state index in [4.69, 9.17) is 0 Å². The number of nitrogens with zero attached hydrogens (tertiary/aromatic N) is 1. The average molecular weight is 473 g/mol. The Hall–Kier alpha value is -1.56. The first kappa shape index (κ1) is 17.3. The summed E-state index contributed by atoms with van der Waals surface area (Å²) in [6.07, 6.45) is 0. The third-order valence-electron chi connectivity index (χ3n) is 3.28. The van der Waals surface area contributed by atoms with Crippen molar-refractivity contribution >= 4 is 65.2 Å². The fourth-order valence-corrected chi connectivity index (χ4v) is 4.42. The van der Waals surface area contributed by atoms with Gasteiger partial charge in [0, 0.05) is 3.57 Å². The van der Waals surface area contributed by atoms with Crippen molar-refractivity contribution in [2.75, 3.05) is 12.4 Å². The number of hydrogen-bond acceptors (Lipinski definition) is 5. The van der Waals surface area contributed by atoms with E-state index in [2.05, 4.69) is 37.6 Å². The third-order valence-corrected chi connectivity index (χ3v) is 6.56. The summed E-state index contributed by atoms with van der Waals surface area (Å²) in [5.41, 5.74) is 1.20. The number of benzene rings is 2. The van der Waals surface area contributed by atoms with Crippen LogP contribution in [0.1, 0.15) is 10.4 Å². The smallest absolute Gasteiger partial charge is 0.258 e. The van der Waals surface area contributed by atoms with Crippen LogP contribution in [0, 0.1) is 3.57 Å². The number of nitrogens with one attached hydrogen (secondary N) is 2. The number of carbonyl (C=O) groups is 1. The minimum atomic E-state index is -3.51. The first-order valence-electron chi connectivity index (χ1n) is 6.81. The number of hydrogen-bond donors (Lipinski definition) is 2. The molecule has 0 aliphatic carbocycles. The van der Waals surface area contributed by atoms with Crippen molar-refractivity contribution in [1.29, 1.82) is 0 Å². The number of fused-ring (bicyclic) bond motifs is 1. The molecule has 0 spiro atoms. The van der Waals surface area contributed by atoms with Gasteiger partial charge in [-0.05, 0) is 60.0 Å². The number of aromatic nitrogens is 1. The fraction of sp³-hybridized carbons (Fsp3) is 0.0667. The summed E-state index contributed by atoms with van der Waals surface area (Å²) >= 11 is 3.33. The maximum absolute atomic E-state index is 12.3. The van der Waals surface area contributed by atoms with Gasteiger partial charge in [0.1, 0.15) is 0 Å². The van der Waals surface area contributed by atoms with E-state index in [1.807, 2.05) is 12.1 Å². The highest BCUT2D eigenvalue weighted by atomic mass is 127. The van der Waals surface area contributed by atoms with Crippen molar-refractivity contribution in [1.82, 2.24) is 9.71 Å². The molecule has 0 fully saturated rings. The topological polar surface area (TPSA) is 88.2 Å². The Balaban J connectivity index is 1.91. The van der Waals surface area contributed by atoms with Crippen molar-refractivity contribution < 1.29 is 13.2 Å². The molecule has 2 N–H and O–H groups in total. The van der Waals surface area contributed by atoms with Gasteiger partial charge in [-0.2, -0.15) is 0 Å². The van der Waals surface area contributed by atoms with Gasteiger partial charge in [-0.15, -0.1) is 0 Å². The van der Waals surface area contributed by atoms with Crippen LogP contribution in [0.15, 0.2) is 47.4 Å². The normalized spacial score (nSPS) is 11.6. The lowest BCUT2D eigenvalue weighted by Crippen LogP contribution is -2.18. The Kier molecular flexibility index (Phi) is 4.85. The number of thiazole rings is 1. The predicted molar refractivity (Wildman–Crippen MR) is 103 cm³/mol. The summed E-state index contributed by atoms with van der Waals surface area (Å²) in [5, 5.41) is 3.18. The van der Waals surface area contributed by atoms with Gasteiger partial charge in [0.05, 0.1) is 20.7 Å². The molecule has 24 heavy (non-hydrogen) atoms. The molecule has 0 aliphatic heterocycles. The van der Waals surface area contributed by atoms with Gasteiger partial charge in [0.15, 0.2) is 5.13 Å². The molecule has 1 aromatic heterocycles. The van der Waals surface area contributed by atoms with Crippen LogP contribution >= 0.6 is 33.9 Å². The van der Waals surface area contributed by atoms with Gasteiger partial charge < -0.3 is 0 Å². The molecular weight excluding hydrogens is 461 g/mol. The highest BCUT2D eigenvalue weighted by Gasteiger charge is 2.15. The van der Waals surface area contributed by atoms with E-state index in [0.29, 0.717) is 20.9 Å². The van der Waals surface area contributed by atoms with Gasteiger partial charge in [0.25, 0.3) is 5.91 Å². The van der Waals surface area contributed by atoms with Crippen LogP contribution in [-0.2, 0) is 10.0 Å². The van der Waals surface area contributed by atoms with Crippen molar-refractivity contribution in [3.63, 3.8) is 0 Å². The van der Waals surface area contributed by atoms with Crippen LogP contribution < -0.4 is 10.0 Å². The van der Waals surface area contributed by atoms with E-state index in [9.17, 15) is 13.2 Å². The SMILES string of the molecule is CNS(=O)(=O)c1ccc2nc(NC(=O)c3ccccc3I)sc2c1. The average Bonchev–Trinajstić information content (AvgIpc) is 2.96. The van der Waals surface area contributed by atoms with Gasteiger partial charge in [-0.3, -0.25) is 10.1 Å². The molecule has 124 valence electrons. The molecule has 0 unspecified atom stereocenters. The van der Waals surface area contributed by atoms with E-state index in [1.54, 1.807) is 24.3 Å². The van der Waals surface area contributed by atoms with Crippen LogP contribution in [0.2, 0.25) is 0 Å². The molecule has 2 aromatic carbocycles. The van der Waals surface area contributed by atoms with Crippen molar-refractivity contribution in [3.05, 3.63) is 51.6 Å². The van der Waals surface area contributed by atoms with Crippen molar-refractivity contribution in [2.45, 2.75) is 4.90 Å². The Bertz CT molecular complexity index is 1030. The standard InChI is InChI=1S/C15H12IN3O3S2/c1-17-24(21,22)9-6-7-12-13(8-9)23-15(18-12)19-14(20)10-4-2-3-5-11(10)16/h2-8,17H,1H3,(H,18,19,20). The molecule has 1 amide bonds. The molecule has 0 bridgehead atoms. The summed E-state index contributed by atoms with van der Waals surface area (Å²) in [4.78, 5) is 16.8. The van der Waals surface area contributed by atoms with Crippen LogP contribution in [0.3, 0.4) is 0 Å². The summed E-state index contributed by atoms with van der Waals surface area (Å²) < 4.78 is 27.5. The molecule has 0 saturated carbocycles. The number of amides is 1. The van der Waals surface area contributed by atoms with E-state index in [0.717, 1.165) is 3.57 Å². The first-order chi connectivity index (χ1) is 11.4. The van der Waals surface area contributed by atoms with E-state index >= 15 is 0 Å². The zero-order chi connectivity index (χ0) is 17.3. The van der Waals surface area contributed by atoms with Gasteiger partial charge in [-0.1, -0.05) is 23.5 Å². The number of carbonyl (C=O) groups excluding carboxylic acids is 1. The minimum Gasteiger partial charge on any atom is -0.298 e. The summed E-state index contributed by atoms with van der Waals surface area (Å²) in [6.45, 7) is 0. The second-order valence-corrected chi connectivity index (χ2v) is 8.87. The Morgan fingerprint density at radius 2 is 1.96 bits per heavy atom. The van der Waals surface area contributed by atoms with Crippen LogP contribution in [0.4, 0.5) is 5.13 Å². The summed E-state index contributed by atoms with van der Waals surface area (Å²) in [6, 6.07) is 11.9. The zero-order valence-corrected chi connectivity index (χ0v) is 16.2. The van der Waals surface area contributed by atoms with Crippen molar-refractivity contribution in [2.24, 2.45) is 0 Å². The molecule has 0 atom stereocenters. The number of anilines is 1. The van der Waals surface area contributed by atoms with Crippen LogP contribution in [0.5, 0.6) is 0 Å². The van der Waals surface area contributed by atoms with E-state index < -0.39 is 10.0 Å². The molecule has 6 nitrogen and oxygen atoms in total. The molecule has 0 radical (unpaired) electrons. The molecular formula is C15H12IN3O3S2. The Labute approximate surface area is 156 Å². The maximum atomic E-state index is 12.3. The van der Waals surface area contributed by atoms with E-state index in [1.165, 1.54) is 24.5 Å². The number of sulfonamides is 1. The molecule has 1 heterocycles. The lowest BCUT2D eigenvalue weighted by atomic mass is 10.2. The van der Waals surface area contributed by atoms with Crippen LogP contribution in [0.25, 0.3) is 10.2 Å². The zero-order valence-electron chi connectivity index (χ0n) is 12.4. The summed E-state index contributed by atoms with van der Waals surface area (Å²) in [5.74, 6) is -0.248. The lowest BCUT2D eigenvalue weighted by molar-refractivity contribution is 0.102. The molecule has 9 heteroatoms. The Morgan fingerprint density at radius 1 is 1.21 bits per heavy atom. The Morgan fingerprint density at radius 3 is 2.67 bits per heavy atom. The molecule has 0 aliphatic rings. The quantitative estimate of drug-likeness (QED) is 0.571. The number of halogens is 1. The highest BCUT2D eigenvalue weighted by Crippen LogP contribution is 2.28. The third kappa shape index (κ3) is 3.43. The van der Waals surface area contributed by atoms with Crippen molar-refractivity contribution in [3.8, 4) is 0 Å². The predicted octanol–water partition coefficient (Wildman–Crippen LogP) is 3.06. The maximum Gasteiger partial charge on any atom is 0.258 e. The van der Waals surface area contributed by atoms with Gasteiger partial charge >= 0.3 is 0 Å². The second kappa shape index (κ2) is 6.75. The highest BCUT2D eigenvalue weighted by molar-refractivity contribution is 14.1. The lowest BCUT2D eigenvalue weighted by Gasteiger charge is -2.03.